The van der Waals surface area contributed by atoms with Crippen molar-refractivity contribution < 1.29 is 17.9 Å². The van der Waals surface area contributed by atoms with Crippen LogP contribution in [0.3, 0.4) is 0 Å². The predicted molar refractivity (Wildman–Crippen MR) is 95.8 cm³/mol. The second-order valence-corrected chi connectivity index (χ2v) is 6.73. The lowest BCUT2D eigenvalue weighted by Crippen LogP contribution is -2.30. The van der Waals surface area contributed by atoms with Crippen molar-refractivity contribution >= 4 is 21.1 Å². The highest BCUT2D eigenvalue weighted by molar-refractivity contribution is 7.87. The first-order valence-corrected chi connectivity index (χ1v) is 9.05. The Balaban J connectivity index is 1.99. The second-order valence-electron chi connectivity index (χ2n) is 5.35. The van der Waals surface area contributed by atoms with E-state index < -0.39 is 10.2 Å². The van der Waals surface area contributed by atoms with Crippen LogP contribution >= 0.6 is 0 Å². The molecule has 0 saturated carbocycles. The van der Waals surface area contributed by atoms with Crippen molar-refractivity contribution in [2.45, 2.75) is 6.54 Å². The molecule has 0 bridgehead atoms. The van der Waals surface area contributed by atoms with E-state index >= 15 is 0 Å². The maximum atomic E-state index is 11.0. The summed E-state index contributed by atoms with van der Waals surface area (Å²) in [5.41, 5.74) is 2.66. The van der Waals surface area contributed by atoms with Gasteiger partial charge in [0.15, 0.2) is 11.5 Å². The van der Waals surface area contributed by atoms with Crippen LogP contribution in [0.15, 0.2) is 36.8 Å². The summed E-state index contributed by atoms with van der Waals surface area (Å²) in [6, 6.07) is 7.07. The van der Waals surface area contributed by atoms with Crippen LogP contribution in [-0.2, 0) is 16.8 Å². The molecule has 3 rings (SSSR count). The Morgan fingerprint density at radius 2 is 1.81 bits per heavy atom. The molecule has 2 heterocycles. The Morgan fingerprint density at radius 3 is 2.42 bits per heavy atom. The Kier molecular flexibility index (Phi) is 4.98. The first kappa shape index (κ1) is 18.0. The van der Waals surface area contributed by atoms with Gasteiger partial charge in [0.2, 0.25) is 0 Å². The smallest absolute Gasteiger partial charge is 0.274 e. The van der Waals surface area contributed by atoms with Gasteiger partial charge in [0.05, 0.1) is 37.7 Å². The lowest BCUT2D eigenvalue weighted by atomic mass is 10.1. The van der Waals surface area contributed by atoms with E-state index in [0.29, 0.717) is 28.4 Å². The molecule has 0 aliphatic carbocycles. The fourth-order valence-corrected chi connectivity index (χ4v) is 2.81. The summed E-state index contributed by atoms with van der Waals surface area (Å²) in [5.74, 6) is 1.14. The van der Waals surface area contributed by atoms with E-state index in [1.54, 1.807) is 44.7 Å². The second kappa shape index (κ2) is 7.20. The molecule has 0 atom stereocenters. The van der Waals surface area contributed by atoms with Crippen molar-refractivity contribution in [3.63, 3.8) is 0 Å². The van der Waals surface area contributed by atoms with Gasteiger partial charge in [-0.15, -0.1) is 0 Å². The van der Waals surface area contributed by atoms with E-state index in [-0.39, 0.29) is 6.54 Å². The van der Waals surface area contributed by atoms with Gasteiger partial charge in [-0.05, 0) is 18.2 Å². The number of nitrogens with two attached hydrogens (primary N) is 1. The third kappa shape index (κ3) is 3.87. The van der Waals surface area contributed by atoms with Crippen molar-refractivity contribution in [1.29, 1.82) is 0 Å². The molecule has 9 nitrogen and oxygen atoms in total. The highest BCUT2D eigenvalue weighted by atomic mass is 32.2. The summed E-state index contributed by atoms with van der Waals surface area (Å²) in [4.78, 5) is 12.9. The van der Waals surface area contributed by atoms with Gasteiger partial charge in [0.25, 0.3) is 10.2 Å². The van der Waals surface area contributed by atoms with Crippen molar-refractivity contribution in [1.82, 2.24) is 19.7 Å². The largest absolute Gasteiger partial charge is 0.493 e. The molecule has 0 aliphatic heterocycles. The highest BCUT2D eigenvalue weighted by Crippen LogP contribution is 2.34. The Hall–Kier alpha value is -2.82. The van der Waals surface area contributed by atoms with Gasteiger partial charge in [0, 0.05) is 23.2 Å². The van der Waals surface area contributed by atoms with Gasteiger partial charge in [-0.1, -0.05) is 0 Å². The molecule has 2 aromatic heterocycles. The molecular formula is C16H17N5O4S. The van der Waals surface area contributed by atoms with Crippen molar-refractivity contribution in [2.75, 3.05) is 14.2 Å². The normalized spacial score (nSPS) is 11.5. The van der Waals surface area contributed by atoms with Gasteiger partial charge < -0.3 is 9.47 Å². The van der Waals surface area contributed by atoms with Crippen LogP contribution < -0.4 is 19.3 Å². The average Bonchev–Trinajstić information content (AvgIpc) is 2.64. The molecule has 0 radical (unpaired) electrons. The molecule has 0 spiro atoms. The maximum Gasteiger partial charge on any atom is 0.274 e. The molecule has 136 valence electrons. The minimum atomic E-state index is -3.76. The molecule has 3 N–H and O–H groups in total. The molecule has 0 fully saturated rings. The number of hydrogen-bond donors (Lipinski definition) is 2. The van der Waals surface area contributed by atoms with Crippen molar-refractivity contribution in [3.8, 4) is 22.8 Å². The fraction of sp³-hybridized carbons (Fsp3) is 0.188. The van der Waals surface area contributed by atoms with Crippen LogP contribution in [-0.4, -0.2) is 37.6 Å². The lowest BCUT2D eigenvalue weighted by molar-refractivity contribution is 0.356. The summed E-state index contributed by atoms with van der Waals surface area (Å²) in [6.45, 7) is 0.00859. The molecule has 26 heavy (non-hydrogen) atoms. The first-order chi connectivity index (χ1) is 12.4. The van der Waals surface area contributed by atoms with Gasteiger partial charge >= 0.3 is 0 Å². The van der Waals surface area contributed by atoms with Crippen LogP contribution in [0, 0.1) is 0 Å². The molecule has 0 aliphatic rings. The minimum Gasteiger partial charge on any atom is -0.493 e. The zero-order chi connectivity index (χ0) is 18.7. The standard InChI is InChI=1S/C16H17N5O4S/c1-24-14-5-12-13(6-15(14)25-2)19-9-20-16(12)10-3-4-11(18-7-10)8-21-26(17,22)23/h3-7,9,21H,8H2,1-2H3,(H2,17,22,23). The van der Waals surface area contributed by atoms with Crippen LogP contribution in [0.4, 0.5) is 0 Å². The third-order valence-corrected chi connectivity index (χ3v) is 4.24. The number of ether oxygens (including phenoxy) is 2. The van der Waals surface area contributed by atoms with E-state index in [4.69, 9.17) is 14.6 Å². The monoisotopic (exact) mass is 375 g/mol. The number of pyridine rings is 1. The molecule has 1 aromatic carbocycles. The summed E-state index contributed by atoms with van der Waals surface area (Å²) >= 11 is 0. The molecule has 0 unspecified atom stereocenters. The summed E-state index contributed by atoms with van der Waals surface area (Å²) in [7, 11) is -0.647. The number of fused-ring (bicyclic) bond motifs is 1. The highest BCUT2D eigenvalue weighted by Gasteiger charge is 2.12. The fourth-order valence-electron chi connectivity index (χ4n) is 2.46. The topological polar surface area (TPSA) is 129 Å². The number of nitrogens with zero attached hydrogens (tertiary/aromatic N) is 3. The molecular weight excluding hydrogens is 358 g/mol. The van der Waals surface area contributed by atoms with E-state index in [1.165, 1.54) is 6.33 Å². The molecule has 0 amide bonds. The predicted octanol–water partition coefficient (Wildman–Crippen LogP) is 1.00. The van der Waals surface area contributed by atoms with Crippen LogP contribution in [0.1, 0.15) is 5.69 Å². The molecule has 3 aromatic rings. The van der Waals surface area contributed by atoms with Crippen molar-refractivity contribution in [3.05, 3.63) is 42.5 Å². The number of methoxy groups -OCH3 is 2. The lowest BCUT2D eigenvalue weighted by Gasteiger charge is -2.11. The Labute approximate surface area is 150 Å². The zero-order valence-electron chi connectivity index (χ0n) is 14.1. The number of rotatable bonds is 6. The summed E-state index contributed by atoms with van der Waals surface area (Å²) < 4.78 is 34.7. The number of aromatic nitrogens is 3. The SMILES string of the molecule is COc1cc2ncnc(-c3ccc(CNS(N)(=O)=O)nc3)c2cc1OC. The van der Waals surface area contributed by atoms with Crippen LogP contribution in [0.25, 0.3) is 22.2 Å². The van der Waals surface area contributed by atoms with E-state index in [2.05, 4.69) is 19.7 Å². The number of hydrogen-bond acceptors (Lipinski definition) is 7. The van der Waals surface area contributed by atoms with Gasteiger partial charge in [-0.3, -0.25) is 4.98 Å². The van der Waals surface area contributed by atoms with Gasteiger partial charge in [-0.2, -0.15) is 13.1 Å². The summed E-state index contributed by atoms with van der Waals surface area (Å²) in [5, 5.41) is 5.69. The van der Waals surface area contributed by atoms with Crippen LogP contribution in [0.5, 0.6) is 11.5 Å². The van der Waals surface area contributed by atoms with Gasteiger partial charge in [0.1, 0.15) is 6.33 Å². The average molecular weight is 375 g/mol. The summed E-state index contributed by atoms with van der Waals surface area (Å²) in [6.07, 6.45) is 3.07. The van der Waals surface area contributed by atoms with Crippen molar-refractivity contribution in [2.24, 2.45) is 5.14 Å². The Bertz CT molecular complexity index is 1040. The quantitative estimate of drug-likeness (QED) is 0.657. The van der Waals surface area contributed by atoms with E-state index in [1.807, 2.05) is 0 Å². The molecule has 10 heteroatoms. The van der Waals surface area contributed by atoms with E-state index in [9.17, 15) is 8.42 Å². The number of benzene rings is 1. The third-order valence-electron chi connectivity index (χ3n) is 3.69. The molecule has 0 saturated heterocycles. The van der Waals surface area contributed by atoms with E-state index in [0.717, 1.165) is 10.9 Å². The first-order valence-electron chi connectivity index (χ1n) is 7.50. The zero-order valence-corrected chi connectivity index (χ0v) is 14.9. The van der Waals surface area contributed by atoms with Crippen LogP contribution in [0.2, 0.25) is 0 Å². The Morgan fingerprint density at radius 1 is 1.08 bits per heavy atom. The maximum absolute atomic E-state index is 11.0. The number of nitrogens with one attached hydrogen (secondary N) is 1. The van der Waals surface area contributed by atoms with Gasteiger partial charge in [-0.25, -0.2) is 15.1 Å². The minimum absolute atomic E-state index is 0.00859.